The second-order valence-electron chi connectivity index (χ2n) is 4.80. The van der Waals surface area contributed by atoms with Crippen LogP contribution in [0.4, 0.5) is 5.69 Å². The number of sulfone groups is 1. The maximum absolute atomic E-state index is 12.1. The minimum atomic E-state index is -2.97. The number of carbonyl (C=O) groups is 1. The van der Waals surface area contributed by atoms with Gasteiger partial charge in [0.2, 0.25) is 5.91 Å². The maximum atomic E-state index is 12.1. The molecule has 1 heterocycles. The number of rotatable bonds is 2. The van der Waals surface area contributed by atoms with Crippen molar-refractivity contribution in [3.8, 4) is 0 Å². The molecule has 0 saturated carbocycles. The van der Waals surface area contributed by atoms with E-state index in [0.717, 1.165) is 5.56 Å². The fourth-order valence-corrected chi connectivity index (χ4v) is 3.38. The largest absolute Gasteiger partial charge is 0.399 e. The Morgan fingerprint density at radius 2 is 1.84 bits per heavy atom. The number of hydrogen-bond acceptors (Lipinski definition) is 4. The van der Waals surface area contributed by atoms with E-state index in [4.69, 9.17) is 5.73 Å². The van der Waals surface area contributed by atoms with E-state index in [1.54, 1.807) is 17.0 Å². The highest BCUT2D eigenvalue weighted by Crippen LogP contribution is 2.10. The molecule has 5 nitrogen and oxygen atoms in total. The van der Waals surface area contributed by atoms with E-state index >= 15 is 0 Å². The molecule has 1 aromatic rings. The molecule has 1 fully saturated rings. The highest BCUT2D eigenvalue weighted by atomic mass is 32.2. The summed E-state index contributed by atoms with van der Waals surface area (Å²) in [5.41, 5.74) is 7.15. The molecule has 0 aliphatic carbocycles. The summed E-state index contributed by atoms with van der Waals surface area (Å²) in [6, 6.07) is 7.16. The molecule has 0 radical (unpaired) electrons. The van der Waals surface area contributed by atoms with E-state index in [0.29, 0.717) is 31.6 Å². The van der Waals surface area contributed by atoms with Gasteiger partial charge < -0.3 is 10.6 Å². The Morgan fingerprint density at radius 3 is 2.53 bits per heavy atom. The van der Waals surface area contributed by atoms with Gasteiger partial charge in [0.25, 0.3) is 0 Å². The van der Waals surface area contributed by atoms with Gasteiger partial charge in [-0.15, -0.1) is 0 Å². The van der Waals surface area contributed by atoms with Crippen molar-refractivity contribution in [3.63, 3.8) is 0 Å². The minimum Gasteiger partial charge on any atom is -0.399 e. The molecule has 1 amide bonds. The zero-order valence-corrected chi connectivity index (χ0v) is 11.5. The highest BCUT2D eigenvalue weighted by molar-refractivity contribution is 7.91. The van der Waals surface area contributed by atoms with Gasteiger partial charge in [0, 0.05) is 18.8 Å². The van der Waals surface area contributed by atoms with Gasteiger partial charge in [-0.1, -0.05) is 12.1 Å². The molecule has 1 aromatic carbocycles. The Bertz CT molecular complexity index is 552. The van der Waals surface area contributed by atoms with Gasteiger partial charge >= 0.3 is 0 Å². The zero-order chi connectivity index (χ0) is 13.9. The van der Waals surface area contributed by atoms with E-state index in [-0.39, 0.29) is 17.4 Å². The second kappa shape index (κ2) is 5.61. The number of carbonyl (C=O) groups excluding carboxylic acids is 1. The molecule has 104 valence electrons. The molecule has 1 aliphatic heterocycles. The fourth-order valence-electron chi connectivity index (χ4n) is 2.11. The molecule has 0 bridgehead atoms. The van der Waals surface area contributed by atoms with Crippen molar-refractivity contribution in [1.29, 1.82) is 0 Å². The van der Waals surface area contributed by atoms with Gasteiger partial charge in [-0.2, -0.15) is 0 Å². The molecule has 0 unspecified atom stereocenters. The van der Waals surface area contributed by atoms with Gasteiger partial charge in [-0.05, 0) is 24.1 Å². The Morgan fingerprint density at radius 1 is 1.16 bits per heavy atom. The van der Waals surface area contributed by atoms with Gasteiger partial charge in [-0.3, -0.25) is 4.79 Å². The summed E-state index contributed by atoms with van der Waals surface area (Å²) < 4.78 is 23.0. The summed E-state index contributed by atoms with van der Waals surface area (Å²) in [6.07, 6.45) is 0.816. The first-order valence-electron chi connectivity index (χ1n) is 6.29. The first-order valence-corrected chi connectivity index (χ1v) is 8.11. The molecule has 0 aromatic heterocycles. The predicted octanol–water partition coefficient (Wildman–Crippen LogP) is 0.458. The summed E-state index contributed by atoms with van der Waals surface area (Å²) >= 11 is 0. The SMILES string of the molecule is Nc1ccc(CC(=O)N2CCCS(=O)(=O)CC2)cc1. The standard InChI is InChI=1S/C13H18N2O3S/c14-12-4-2-11(3-5-12)10-13(16)15-6-1-8-19(17,18)9-7-15/h2-5H,1,6-10,14H2. The van der Waals surface area contributed by atoms with Crippen molar-refractivity contribution in [2.45, 2.75) is 12.8 Å². The summed E-state index contributed by atoms with van der Waals surface area (Å²) in [5, 5.41) is 0. The monoisotopic (exact) mass is 282 g/mol. The zero-order valence-electron chi connectivity index (χ0n) is 10.7. The molecule has 0 spiro atoms. The molecular weight excluding hydrogens is 264 g/mol. The predicted molar refractivity (Wildman–Crippen MR) is 74.4 cm³/mol. The molecule has 19 heavy (non-hydrogen) atoms. The van der Waals surface area contributed by atoms with E-state index in [1.807, 2.05) is 12.1 Å². The Labute approximate surface area is 113 Å². The molecule has 1 aliphatic rings. The van der Waals surface area contributed by atoms with Crippen LogP contribution in [0.3, 0.4) is 0 Å². The lowest BCUT2D eigenvalue weighted by Gasteiger charge is -2.19. The first-order chi connectivity index (χ1) is 8.96. The lowest BCUT2D eigenvalue weighted by Crippen LogP contribution is -2.34. The average Bonchev–Trinajstić information content (AvgIpc) is 2.53. The van der Waals surface area contributed by atoms with Crippen LogP contribution in [0.25, 0.3) is 0 Å². The van der Waals surface area contributed by atoms with Crippen LogP contribution in [-0.2, 0) is 21.1 Å². The molecule has 1 saturated heterocycles. The number of anilines is 1. The topological polar surface area (TPSA) is 80.5 Å². The number of hydrogen-bond donors (Lipinski definition) is 1. The van der Waals surface area contributed by atoms with Crippen molar-refractivity contribution in [2.75, 3.05) is 30.3 Å². The van der Waals surface area contributed by atoms with Gasteiger partial charge in [0.15, 0.2) is 9.84 Å². The number of benzene rings is 1. The smallest absolute Gasteiger partial charge is 0.227 e. The van der Waals surface area contributed by atoms with Crippen LogP contribution in [-0.4, -0.2) is 43.8 Å². The summed E-state index contributed by atoms with van der Waals surface area (Å²) in [4.78, 5) is 13.8. The third-order valence-corrected chi connectivity index (χ3v) is 4.96. The molecule has 2 rings (SSSR count). The van der Waals surface area contributed by atoms with E-state index in [9.17, 15) is 13.2 Å². The first kappa shape index (κ1) is 13.9. The van der Waals surface area contributed by atoms with E-state index < -0.39 is 9.84 Å². The van der Waals surface area contributed by atoms with Gasteiger partial charge in [0.05, 0.1) is 17.9 Å². The van der Waals surface area contributed by atoms with Gasteiger partial charge in [-0.25, -0.2) is 8.42 Å². The van der Waals surface area contributed by atoms with Crippen LogP contribution in [0, 0.1) is 0 Å². The van der Waals surface area contributed by atoms with Crippen LogP contribution in [0.5, 0.6) is 0 Å². The van der Waals surface area contributed by atoms with Crippen molar-refractivity contribution in [2.24, 2.45) is 0 Å². The Balaban J connectivity index is 1.98. The van der Waals surface area contributed by atoms with Gasteiger partial charge in [0.1, 0.15) is 0 Å². The van der Waals surface area contributed by atoms with Crippen molar-refractivity contribution >= 4 is 21.4 Å². The fraction of sp³-hybridized carbons (Fsp3) is 0.462. The quantitative estimate of drug-likeness (QED) is 0.799. The van der Waals surface area contributed by atoms with E-state index in [2.05, 4.69) is 0 Å². The van der Waals surface area contributed by atoms with Crippen LogP contribution in [0.2, 0.25) is 0 Å². The van der Waals surface area contributed by atoms with E-state index in [1.165, 1.54) is 0 Å². The number of amides is 1. The van der Waals surface area contributed by atoms with Crippen LogP contribution < -0.4 is 5.73 Å². The van der Waals surface area contributed by atoms with Crippen molar-refractivity contribution in [3.05, 3.63) is 29.8 Å². The lowest BCUT2D eigenvalue weighted by atomic mass is 10.1. The average molecular weight is 282 g/mol. The maximum Gasteiger partial charge on any atom is 0.227 e. The van der Waals surface area contributed by atoms with Crippen molar-refractivity contribution < 1.29 is 13.2 Å². The molecule has 6 heteroatoms. The molecule has 0 atom stereocenters. The number of nitrogens with two attached hydrogens (primary N) is 1. The van der Waals surface area contributed by atoms with Crippen LogP contribution in [0.15, 0.2) is 24.3 Å². The molecular formula is C13H18N2O3S. The second-order valence-corrected chi connectivity index (χ2v) is 7.11. The van der Waals surface area contributed by atoms with Crippen LogP contribution in [0.1, 0.15) is 12.0 Å². The number of nitrogens with zero attached hydrogens (tertiary/aromatic N) is 1. The normalized spacial score (nSPS) is 18.8. The third-order valence-electron chi connectivity index (χ3n) is 3.24. The third kappa shape index (κ3) is 3.96. The summed E-state index contributed by atoms with van der Waals surface area (Å²) in [6.45, 7) is 0.823. The molecule has 2 N–H and O–H groups in total. The summed E-state index contributed by atoms with van der Waals surface area (Å²) in [7, 11) is -2.97. The lowest BCUT2D eigenvalue weighted by molar-refractivity contribution is -0.130. The summed E-state index contributed by atoms with van der Waals surface area (Å²) in [5.74, 6) is 0.223. The highest BCUT2D eigenvalue weighted by Gasteiger charge is 2.22. The van der Waals surface area contributed by atoms with Crippen molar-refractivity contribution in [1.82, 2.24) is 4.90 Å². The number of nitrogen functional groups attached to an aromatic ring is 1. The Hall–Kier alpha value is -1.56. The van der Waals surface area contributed by atoms with Crippen LogP contribution >= 0.6 is 0 Å². The Kier molecular flexibility index (Phi) is 4.09. The minimum absolute atomic E-state index is 0.0260.